The fourth-order valence-electron chi connectivity index (χ4n) is 1.00. The molecule has 0 atom stereocenters. The Bertz CT molecular complexity index is 519. The van der Waals surface area contributed by atoms with Gasteiger partial charge in [-0.1, -0.05) is 19.7 Å². The third-order valence-corrected chi connectivity index (χ3v) is 3.44. The number of nitrogens with one attached hydrogen (secondary N) is 3. The molecular formula is C12H18N3O7P. The first-order valence-corrected chi connectivity index (χ1v) is 7.48. The second kappa shape index (κ2) is 8.64. The van der Waals surface area contributed by atoms with Crippen LogP contribution in [0.2, 0.25) is 0 Å². The second-order valence-electron chi connectivity index (χ2n) is 3.73. The molecule has 0 aliphatic carbocycles. The van der Waals surface area contributed by atoms with Gasteiger partial charge in [-0.25, -0.2) is 0 Å². The summed E-state index contributed by atoms with van der Waals surface area (Å²) in [4.78, 5) is 34.1. The molecule has 11 heteroatoms. The number of phosphoric ester groups is 1. The highest BCUT2D eigenvalue weighted by molar-refractivity contribution is 7.49. The first-order valence-electron chi connectivity index (χ1n) is 6.02. The lowest BCUT2D eigenvalue weighted by atomic mass is 10.5. The maximum Gasteiger partial charge on any atom is 0.647 e. The van der Waals surface area contributed by atoms with Gasteiger partial charge in [-0.2, -0.15) is 4.57 Å². The maximum atomic E-state index is 12.5. The smallest absolute Gasteiger partial charge is 0.381 e. The number of phosphoric acid groups is 1. The zero-order chi connectivity index (χ0) is 18.2. The number of likely N-dealkylation sites (N-methyl/N-ethyl adjacent to an activating group) is 3. The van der Waals surface area contributed by atoms with Crippen molar-refractivity contribution < 1.29 is 32.5 Å². The van der Waals surface area contributed by atoms with Crippen LogP contribution in [0.3, 0.4) is 0 Å². The second-order valence-corrected chi connectivity index (χ2v) is 5.17. The predicted octanol–water partition coefficient (Wildman–Crippen LogP) is -0.0766. The molecule has 0 aliphatic heterocycles. The molecule has 0 aliphatic rings. The minimum Gasteiger partial charge on any atom is -0.381 e. The summed E-state index contributed by atoms with van der Waals surface area (Å²) in [6.07, 6.45) is 0. The predicted molar refractivity (Wildman–Crippen MR) is 80.5 cm³/mol. The van der Waals surface area contributed by atoms with Crippen LogP contribution in [0.1, 0.15) is 0 Å². The Morgan fingerprint density at radius 3 is 1.09 bits per heavy atom. The number of hydrogen-bond donors (Lipinski definition) is 3. The molecule has 0 aromatic carbocycles. The lowest BCUT2D eigenvalue weighted by Crippen LogP contribution is -2.24. The minimum atomic E-state index is -4.67. The summed E-state index contributed by atoms with van der Waals surface area (Å²) in [5, 5.41) is 6.49. The number of carbonyl (C=O) groups is 3. The molecule has 23 heavy (non-hydrogen) atoms. The molecule has 0 rings (SSSR count). The topological polar surface area (TPSA) is 132 Å². The van der Waals surface area contributed by atoms with Crippen molar-refractivity contribution in [2.75, 3.05) is 21.1 Å². The van der Waals surface area contributed by atoms with E-state index < -0.39 is 42.8 Å². The molecular weight excluding hydrogens is 329 g/mol. The Kier molecular flexibility index (Phi) is 7.61. The average molecular weight is 347 g/mol. The summed E-state index contributed by atoms with van der Waals surface area (Å²) in [7, 11) is -0.847. The van der Waals surface area contributed by atoms with Crippen molar-refractivity contribution >= 4 is 25.5 Å². The van der Waals surface area contributed by atoms with E-state index >= 15 is 0 Å². The van der Waals surface area contributed by atoms with Crippen LogP contribution >= 0.6 is 7.82 Å². The molecule has 0 spiro atoms. The standard InChI is InChI=1S/C12H18N3O7P/c1-7(10(16)13-4)20-23(19,21-8(2)11(17)14-5)22-9(3)12(18)15-6/h1-3H2,4-6H3,(H,13,16)(H,14,17)(H,15,18). The minimum absolute atomic E-state index is 0.634. The molecule has 0 saturated heterocycles. The van der Waals surface area contributed by atoms with Gasteiger partial charge in [-0.3, -0.25) is 14.4 Å². The van der Waals surface area contributed by atoms with Crippen LogP contribution in [0, 0.1) is 0 Å². The van der Waals surface area contributed by atoms with Crippen molar-refractivity contribution in [1.82, 2.24) is 16.0 Å². The van der Waals surface area contributed by atoms with E-state index in [0.29, 0.717) is 0 Å². The van der Waals surface area contributed by atoms with Crippen LogP contribution in [-0.4, -0.2) is 38.9 Å². The molecule has 0 heterocycles. The van der Waals surface area contributed by atoms with Crippen LogP contribution in [0.25, 0.3) is 0 Å². The Morgan fingerprint density at radius 2 is 0.913 bits per heavy atom. The van der Waals surface area contributed by atoms with E-state index in [9.17, 15) is 18.9 Å². The van der Waals surface area contributed by atoms with Gasteiger partial charge in [0.15, 0.2) is 17.3 Å². The number of carbonyl (C=O) groups excluding carboxylic acids is 3. The van der Waals surface area contributed by atoms with E-state index in [0.717, 1.165) is 0 Å². The molecule has 3 amide bonds. The molecule has 0 bridgehead atoms. The molecule has 10 nitrogen and oxygen atoms in total. The first-order chi connectivity index (χ1) is 10.6. The van der Waals surface area contributed by atoms with Crippen molar-refractivity contribution in [3.05, 3.63) is 37.0 Å². The van der Waals surface area contributed by atoms with E-state index in [4.69, 9.17) is 13.6 Å². The summed E-state index contributed by atoms with van der Waals surface area (Å²) >= 11 is 0. The lowest BCUT2D eigenvalue weighted by molar-refractivity contribution is -0.119. The van der Waals surface area contributed by atoms with Crippen LogP contribution in [0.4, 0.5) is 0 Å². The summed E-state index contributed by atoms with van der Waals surface area (Å²) < 4.78 is 26.7. The highest BCUT2D eigenvalue weighted by Crippen LogP contribution is 2.54. The monoisotopic (exact) mass is 347 g/mol. The Morgan fingerprint density at radius 1 is 0.696 bits per heavy atom. The van der Waals surface area contributed by atoms with Gasteiger partial charge in [0.1, 0.15) is 0 Å². The van der Waals surface area contributed by atoms with Gasteiger partial charge in [0, 0.05) is 21.1 Å². The van der Waals surface area contributed by atoms with Gasteiger partial charge in [-0.05, 0) is 0 Å². The maximum absolute atomic E-state index is 12.5. The summed E-state index contributed by atoms with van der Waals surface area (Å²) in [5.41, 5.74) is 0. The van der Waals surface area contributed by atoms with E-state index in [-0.39, 0.29) is 0 Å². The van der Waals surface area contributed by atoms with Gasteiger partial charge >= 0.3 is 7.82 Å². The molecule has 0 saturated carbocycles. The molecule has 0 radical (unpaired) electrons. The van der Waals surface area contributed by atoms with Crippen LogP contribution in [-0.2, 0) is 32.5 Å². The van der Waals surface area contributed by atoms with Crippen molar-refractivity contribution in [3.8, 4) is 0 Å². The average Bonchev–Trinajstić information content (AvgIpc) is 2.51. The van der Waals surface area contributed by atoms with E-state index in [1.54, 1.807) is 0 Å². The molecule has 0 aromatic rings. The lowest BCUT2D eigenvalue weighted by Gasteiger charge is -2.20. The summed E-state index contributed by atoms with van der Waals surface area (Å²) in [6, 6.07) is 0. The molecule has 0 unspecified atom stereocenters. The highest BCUT2D eigenvalue weighted by atomic mass is 31.2. The summed E-state index contributed by atoms with van der Waals surface area (Å²) in [6.45, 7) is 9.68. The zero-order valence-corrected chi connectivity index (χ0v) is 13.8. The van der Waals surface area contributed by atoms with E-state index in [1.165, 1.54) is 21.1 Å². The van der Waals surface area contributed by atoms with Crippen molar-refractivity contribution in [2.45, 2.75) is 0 Å². The number of rotatable bonds is 9. The van der Waals surface area contributed by atoms with Gasteiger partial charge in [0.05, 0.1) is 0 Å². The quantitative estimate of drug-likeness (QED) is 0.302. The molecule has 128 valence electrons. The van der Waals surface area contributed by atoms with Gasteiger partial charge in [-0.15, -0.1) is 0 Å². The van der Waals surface area contributed by atoms with E-state index in [2.05, 4.69) is 35.7 Å². The highest BCUT2D eigenvalue weighted by Gasteiger charge is 2.38. The fourth-order valence-corrected chi connectivity index (χ4v) is 2.17. The Balaban J connectivity index is 5.38. The number of amides is 3. The summed E-state index contributed by atoms with van der Waals surface area (Å²) in [5.74, 6) is -4.38. The first kappa shape index (κ1) is 20.3. The van der Waals surface area contributed by atoms with E-state index in [1.807, 2.05) is 0 Å². The fraction of sp³-hybridized carbons (Fsp3) is 0.250. The molecule has 3 N–H and O–H groups in total. The third-order valence-electron chi connectivity index (χ3n) is 2.11. The SMILES string of the molecule is C=C(OP(=O)(OC(=C)C(=O)NC)OC(=C)C(=O)NC)C(=O)NC. The molecule has 0 aromatic heterocycles. The Labute approximate surface area is 133 Å². The van der Waals surface area contributed by atoms with Gasteiger partial charge in [0.2, 0.25) is 0 Å². The van der Waals surface area contributed by atoms with Crippen molar-refractivity contribution in [1.29, 1.82) is 0 Å². The molecule has 0 fully saturated rings. The number of hydrogen-bond acceptors (Lipinski definition) is 7. The van der Waals surface area contributed by atoms with Crippen molar-refractivity contribution in [3.63, 3.8) is 0 Å². The van der Waals surface area contributed by atoms with Crippen LogP contribution < -0.4 is 16.0 Å². The zero-order valence-electron chi connectivity index (χ0n) is 12.9. The van der Waals surface area contributed by atoms with Crippen LogP contribution in [0.5, 0.6) is 0 Å². The van der Waals surface area contributed by atoms with Gasteiger partial charge < -0.3 is 29.5 Å². The third kappa shape index (κ3) is 6.27. The normalized spacial score (nSPS) is 9.87. The van der Waals surface area contributed by atoms with Crippen LogP contribution in [0.15, 0.2) is 37.0 Å². The van der Waals surface area contributed by atoms with Crippen molar-refractivity contribution in [2.24, 2.45) is 0 Å². The van der Waals surface area contributed by atoms with Gasteiger partial charge in [0.25, 0.3) is 17.7 Å². The largest absolute Gasteiger partial charge is 0.647 e. The Hall–Kier alpha value is -2.74.